The molecule has 0 saturated carbocycles. The van der Waals surface area contributed by atoms with Crippen LogP contribution in [0.5, 0.6) is 0 Å². The third-order valence-electron chi connectivity index (χ3n) is 4.46. The number of hydrogen-bond acceptors (Lipinski definition) is 8. The summed E-state index contributed by atoms with van der Waals surface area (Å²) in [5, 5.41) is 13.7. The number of benzene rings is 2. The average molecular weight is 422 g/mol. The van der Waals surface area contributed by atoms with Crippen LogP contribution >= 0.6 is 11.3 Å². The third-order valence-corrected chi connectivity index (χ3v) is 5.40. The summed E-state index contributed by atoms with van der Waals surface area (Å²) in [6.07, 6.45) is 1.40. The number of fused-ring (bicyclic) bond motifs is 1. The second-order valence-corrected chi connectivity index (χ2v) is 7.21. The van der Waals surface area contributed by atoms with E-state index in [-0.39, 0.29) is 23.2 Å². The quantitative estimate of drug-likeness (QED) is 0.275. The minimum absolute atomic E-state index is 0.162. The van der Waals surface area contributed by atoms with Crippen LogP contribution in [0.3, 0.4) is 0 Å². The lowest BCUT2D eigenvalue weighted by Crippen LogP contribution is -2.21. The summed E-state index contributed by atoms with van der Waals surface area (Å²) in [4.78, 5) is 43.5. The lowest BCUT2D eigenvalue weighted by Gasteiger charge is -2.05. The molecule has 0 unspecified atom stereocenters. The van der Waals surface area contributed by atoms with Crippen molar-refractivity contribution in [3.63, 3.8) is 0 Å². The van der Waals surface area contributed by atoms with Crippen molar-refractivity contribution in [2.24, 2.45) is 0 Å². The van der Waals surface area contributed by atoms with Crippen LogP contribution in [-0.2, 0) is 11.3 Å². The van der Waals surface area contributed by atoms with Crippen molar-refractivity contribution in [3.8, 4) is 10.6 Å². The molecule has 0 bridgehead atoms. The number of nitro benzene ring substituents is 1. The van der Waals surface area contributed by atoms with E-state index in [1.54, 1.807) is 24.3 Å². The van der Waals surface area contributed by atoms with E-state index in [9.17, 15) is 19.7 Å². The number of rotatable bonds is 5. The molecule has 150 valence electrons. The first-order valence-corrected chi connectivity index (χ1v) is 9.61. The first-order valence-electron chi connectivity index (χ1n) is 8.73. The van der Waals surface area contributed by atoms with Crippen molar-refractivity contribution in [3.05, 3.63) is 85.9 Å². The maximum Gasteiger partial charge on any atom is 0.337 e. The number of carbonyl (C=O) groups is 1. The van der Waals surface area contributed by atoms with Gasteiger partial charge in [-0.15, -0.1) is 11.3 Å². The Hall–Kier alpha value is -3.92. The summed E-state index contributed by atoms with van der Waals surface area (Å²) in [5.74, 6) is -0.412. The zero-order valence-corrected chi connectivity index (χ0v) is 16.5. The maximum atomic E-state index is 12.7. The van der Waals surface area contributed by atoms with Crippen LogP contribution in [0.1, 0.15) is 16.1 Å². The number of aromatic nitrogens is 3. The average Bonchev–Trinajstić information content (AvgIpc) is 3.23. The van der Waals surface area contributed by atoms with Crippen molar-refractivity contribution >= 4 is 33.9 Å². The number of methoxy groups -OCH3 is 1. The molecule has 10 heteroatoms. The van der Waals surface area contributed by atoms with E-state index < -0.39 is 10.9 Å². The zero-order chi connectivity index (χ0) is 21.3. The number of carbonyl (C=O) groups excluding carboxylic acids is 1. The zero-order valence-electron chi connectivity index (χ0n) is 15.6. The van der Waals surface area contributed by atoms with Crippen LogP contribution < -0.4 is 5.56 Å². The second kappa shape index (κ2) is 7.84. The number of nitro groups is 1. The van der Waals surface area contributed by atoms with Crippen LogP contribution in [0.25, 0.3) is 21.5 Å². The Morgan fingerprint density at radius 3 is 2.70 bits per heavy atom. The van der Waals surface area contributed by atoms with Crippen LogP contribution in [0, 0.1) is 10.1 Å². The molecule has 2 aromatic carbocycles. The van der Waals surface area contributed by atoms with Gasteiger partial charge in [-0.1, -0.05) is 12.1 Å². The van der Waals surface area contributed by atoms with E-state index in [4.69, 9.17) is 0 Å². The minimum Gasteiger partial charge on any atom is -0.465 e. The fourth-order valence-corrected chi connectivity index (χ4v) is 3.74. The van der Waals surface area contributed by atoms with Crippen molar-refractivity contribution < 1.29 is 14.5 Å². The van der Waals surface area contributed by atoms with Gasteiger partial charge in [0, 0.05) is 23.1 Å². The van der Waals surface area contributed by atoms with E-state index >= 15 is 0 Å². The summed E-state index contributed by atoms with van der Waals surface area (Å²) in [5.41, 5.74) is 1.79. The molecule has 0 saturated heterocycles. The number of non-ortho nitro benzene ring substituents is 1. The molecule has 30 heavy (non-hydrogen) atoms. The lowest BCUT2D eigenvalue weighted by atomic mass is 10.1. The molecule has 0 spiro atoms. The van der Waals surface area contributed by atoms with Crippen molar-refractivity contribution in [2.45, 2.75) is 6.54 Å². The largest absolute Gasteiger partial charge is 0.465 e. The molecule has 0 atom stereocenters. The Morgan fingerprint density at radius 2 is 2.00 bits per heavy atom. The molecular formula is C20H14N4O5S. The van der Waals surface area contributed by atoms with E-state index in [1.165, 1.54) is 47.5 Å². The smallest absolute Gasteiger partial charge is 0.337 e. The van der Waals surface area contributed by atoms with Gasteiger partial charge in [0.05, 0.1) is 47.1 Å². The molecule has 0 amide bonds. The fourth-order valence-electron chi connectivity index (χ4n) is 2.93. The van der Waals surface area contributed by atoms with E-state index in [0.29, 0.717) is 16.8 Å². The molecule has 9 nitrogen and oxygen atoms in total. The summed E-state index contributed by atoms with van der Waals surface area (Å²) in [7, 11) is 1.32. The standard InChI is InChI=1S/C20H14N4O5S/c1-29-20(26)13-4-2-12(3-5-13)18-22-14(10-30-18)9-23-11-21-17-7-6-15(24(27)28)8-16(17)19(23)25/h2-8,10-11H,9H2,1H3. The predicted octanol–water partition coefficient (Wildman–Crippen LogP) is 3.26. The number of thiazole rings is 1. The van der Waals surface area contributed by atoms with Gasteiger partial charge in [0.2, 0.25) is 0 Å². The van der Waals surface area contributed by atoms with Crippen molar-refractivity contribution in [1.29, 1.82) is 0 Å². The fraction of sp³-hybridized carbons (Fsp3) is 0.100. The molecule has 2 heterocycles. The first-order chi connectivity index (χ1) is 14.5. The van der Waals surface area contributed by atoms with Crippen LogP contribution in [0.2, 0.25) is 0 Å². The second-order valence-electron chi connectivity index (χ2n) is 6.35. The SMILES string of the molecule is COC(=O)c1ccc(-c2nc(Cn3cnc4ccc([N+](=O)[O-])cc4c3=O)cs2)cc1. The van der Waals surface area contributed by atoms with Gasteiger partial charge in [-0.2, -0.15) is 0 Å². The lowest BCUT2D eigenvalue weighted by molar-refractivity contribution is -0.384. The number of hydrogen-bond donors (Lipinski definition) is 0. The van der Waals surface area contributed by atoms with E-state index in [0.717, 1.165) is 10.6 Å². The highest BCUT2D eigenvalue weighted by molar-refractivity contribution is 7.13. The van der Waals surface area contributed by atoms with Crippen LogP contribution in [0.15, 0.2) is 59.0 Å². The molecule has 0 N–H and O–H groups in total. The molecule has 0 radical (unpaired) electrons. The van der Waals surface area contributed by atoms with Gasteiger partial charge in [-0.05, 0) is 18.2 Å². The Kier molecular flexibility index (Phi) is 5.07. The van der Waals surface area contributed by atoms with Crippen LogP contribution in [0.4, 0.5) is 5.69 Å². The van der Waals surface area contributed by atoms with Gasteiger partial charge in [0.1, 0.15) is 5.01 Å². The summed E-state index contributed by atoms with van der Waals surface area (Å²) < 4.78 is 6.05. The highest BCUT2D eigenvalue weighted by atomic mass is 32.1. The molecule has 0 aliphatic carbocycles. The van der Waals surface area contributed by atoms with E-state index in [2.05, 4.69) is 14.7 Å². The van der Waals surface area contributed by atoms with Crippen molar-refractivity contribution in [2.75, 3.05) is 7.11 Å². The van der Waals surface area contributed by atoms with Gasteiger partial charge >= 0.3 is 5.97 Å². The van der Waals surface area contributed by atoms with Gasteiger partial charge in [0.15, 0.2) is 0 Å². The summed E-state index contributed by atoms with van der Waals surface area (Å²) in [6, 6.07) is 10.9. The molecule has 4 aromatic rings. The predicted molar refractivity (Wildman–Crippen MR) is 111 cm³/mol. The third kappa shape index (κ3) is 3.67. The topological polar surface area (TPSA) is 117 Å². The monoisotopic (exact) mass is 422 g/mol. The van der Waals surface area contributed by atoms with Gasteiger partial charge in [-0.3, -0.25) is 19.5 Å². The molecule has 0 fully saturated rings. The minimum atomic E-state index is -0.547. The Balaban J connectivity index is 1.61. The van der Waals surface area contributed by atoms with E-state index in [1.807, 2.05) is 5.38 Å². The van der Waals surface area contributed by atoms with Crippen LogP contribution in [-0.4, -0.2) is 32.5 Å². The maximum absolute atomic E-state index is 12.7. The molecular weight excluding hydrogens is 408 g/mol. The Labute approximate surface area is 173 Å². The Morgan fingerprint density at radius 1 is 1.23 bits per heavy atom. The number of ether oxygens (including phenoxy) is 1. The molecule has 4 rings (SSSR count). The summed E-state index contributed by atoms with van der Waals surface area (Å²) >= 11 is 1.41. The van der Waals surface area contributed by atoms with Gasteiger partial charge < -0.3 is 4.74 Å². The van der Waals surface area contributed by atoms with Gasteiger partial charge in [0.25, 0.3) is 11.2 Å². The summed E-state index contributed by atoms with van der Waals surface area (Å²) in [6.45, 7) is 0.182. The number of nitrogens with zero attached hydrogens (tertiary/aromatic N) is 4. The first kappa shape index (κ1) is 19.4. The molecule has 2 aromatic heterocycles. The van der Waals surface area contributed by atoms with Gasteiger partial charge in [-0.25, -0.2) is 14.8 Å². The van der Waals surface area contributed by atoms with Crippen molar-refractivity contribution in [1.82, 2.24) is 14.5 Å². The molecule has 0 aliphatic heterocycles. The number of esters is 1. The normalized spacial score (nSPS) is 10.8. The highest BCUT2D eigenvalue weighted by Gasteiger charge is 2.13. The molecule has 0 aliphatic rings. The highest BCUT2D eigenvalue weighted by Crippen LogP contribution is 2.24. The Bertz CT molecular complexity index is 1330.